The van der Waals surface area contributed by atoms with Gasteiger partial charge in [-0.3, -0.25) is 4.99 Å². The highest BCUT2D eigenvalue weighted by Crippen LogP contribution is 2.51. The van der Waals surface area contributed by atoms with Crippen molar-refractivity contribution in [2.24, 2.45) is 4.99 Å². The third-order valence-corrected chi connectivity index (χ3v) is 9.80. The molecule has 2 atom stereocenters. The molecule has 1 N–H and O–H groups in total. The van der Waals surface area contributed by atoms with Gasteiger partial charge in [0.2, 0.25) is 0 Å². The van der Waals surface area contributed by atoms with E-state index >= 15 is 0 Å². The van der Waals surface area contributed by atoms with Crippen LogP contribution in [-0.2, 0) is 5.41 Å². The van der Waals surface area contributed by atoms with Crippen LogP contribution >= 0.6 is 0 Å². The standard InChI is InChI=1S/C42H33N4/c1-42(2)35-19-11-9-17-31(35)33-25-34-32-18-10-12-20-37(32)46(38(34)26-36(33)42)30-23-21-29(22-24-30)41-44-39(27-13-5-3-6-14-27)43-40(45-41)28-15-7-4-8-16-28/h3-26,39-40H,1-2H3,(H,44,45)/q-1. The van der Waals surface area contributed by atoms with Crippen LogP contribution in [0.3, 0.4) is 0 Å². The van der Waals surface area contributed by atoms with Crippen LogP contribution in [0, 0.1) is 0 Å². The monoisotopic (exact) mass is 593 g/mol. The lowest BCUT2D eigenvalue weighted by atomic mass is 9.82. The average Bonchev–Trinajstić information content (AvgIpc) is 3.56. The second kappa shape index (κ2) is 10.3. The summed E-state index contributed by atoms with van der Waals surface area (Å²) in [6, 6.07) is 52.0. The Morgan fingerprint density at radius 2 is 1.28 bits per heavy atom. The zero-order valence-electron chi connectivity index (χ0n) is 25.9. The summed E-state index contributed by atoms with van der Waals surface area (Å²) < 4.78 is 2.42. The number of nitrogens with zero attached hydrogens (tertiary/aromatic N) is 3. The molecule has 7 aromatic rings. The molecular formula is C42H33N4-. The van der Waals surface area contributed by atoms with E-state index in [-0.39, 0.29) is 17.7 Å². The normalized spacial score (nSPS) is 18.2. The zero-order chi connectivity index (χ0) is 30.8. The molecule has 1 aliphatic carbocycles. The average molecular weight is 594 g/mol. The van der Waals surface area contributed by atoms with E-state index in [0.29, 0.717) is 0 Å². The SMILES string of the molecule is CC1(C)c2ccccc2-c2cc3c4ccccc4n(-c4ccc(C5=NC(c6ccccc6)[N-]C(c6ccccc6)N5)cc4)c3cc21. The molecule has 2 aliphatic rings. The minimum Gasteiger partial charge on any atom is -0.613 e. The molecule has 0 saturated heterocycles. The van der Waals surface area contributed by atoms with Crippen LogP contribution in [0.25, 0.3) is 43.9 Å². The molecule has 46 heavy (non-hydrogen) atoms. The van der Waals surface area contributed by atoms with Crippen molar-refractivity contribution in [3.63, 3.8) is 0 Å². The Bertz CT molecular complexity index is 2280. The summed E-state index contributed by atoms with van der Waals surface area (Å²) in [6.45, 7) is 4.70. The second-order valence-corrected chi connectivity index (χ2v) is 12.9. The van der Waals surface area contributed by atoms with Gasteiger partial charge in [-0.15, -0.1) is 0 Å². The molecule has 2 heterocycles. The Labute approximate surface area is 269 Å². The molecular weight excluding hydrogens is 560 g/mol. The number of hydrogen-bond donors (Lipinski definition) is 1. The molecule has 0 fully saturated rings. The van der Waals surface area contributed by atoms with Gasteiger partial charge in [-0.1, -0.05) is 117 Å². The summed E-state index contributed by atoms with van der Waals surface area (Å²) in [4.78, 5) is 5.10. The number of aliphatic imine (C=N–C) groups is 1. The molecule has 2 unspecified atom stereocenters. The predicted octanol–water partition coefficient (Wildman–Crippen LogP) is 10.2. The van der Waals surface area contributed by atoms with Gasteiger partial charge in [0.05, 0.1) is 11.0 Å². The number of rotatable bonds is 4. The molecule has 1 aliphatic heterocycles. The maximum atomic E-state index is 5.10. The van der Waals surface area contributed by atoms with E-state index in [0.717, 1.165) is 28.2 Å². The van der Waals surface area contributed by atoms with Crippen molar-refractivity contribution in [1.29, 1.82) is 0 Å². The van der Waals surface area contributed by atoms with Crippen LogP contribution in [0.5, 0.6) is 0 Å². The number of hydrogen-bond acceptors (Lipinski definition) is 2. The number of para-hydroxylation sites is 1. The summed E-state index contributed by atoms with van der Waals surface area (Å²) in [5, 5.41) is 11.2. The minimum absolute atomic E-state index is 0.0638. The molecule has 4 heteroatoms. The zero-order valence-corrected chi connectivity index (χ0v) is 25.9. The summed E-state index contributed by atoms with van der Waals surface area (Å²) in [7, 11) is 0. The van der Waals surface area contributed by atoms with E-state index < -0.39 is 0 Å². The van der Waals surface area contributed by atoms with Crippen LogP contribution < -0.4 is 5.32 Å². The first-order chi connectivity index (χ1) is 22.6. The van der Waals surface area contributed by atoms with Gasteiger partial charge in [-0.05, 0) is 88.2 Å². The second-order valence-electron chi connectivity index (χ2n) is 12.9. The number of benzene rings is 6. The first-order valence-electron chi connectivity index (χ1n) is 16.0. The van der Waals surface area contributed by atoms with Crippen molar-refractivity contribution < 1.29 is 0 Å². The minimum atomic E-state index is -0.283. The Hall–Kier alpha value is -5.45. The van der Waals surface area contributed by atoms with Crippen molar-refractivity contribution in [2.75, 3.05) is 0 Å². The third kappa shape index (κ3) is 4.14. The van der Waals surface area contributed by atoms with Gasteiger partial charge in [-0.25, -0.2) is 0 Å². The number of amidine groups is 1. The quantitative estimate of drug-likeness (QED) is 0.217. The Morgan fingerprint density at radius 3 is 2.07 bits per heavy atom. The topological polar surface area (TPSA) is 43.4 Å². The Morgan fingerprint density at radius 1 is 0.609 bits per heavy atom. The third-order valence-electron chi connectivity index (χ3n) is 9.80. The number of nitrogens with one attached hydrogen (secondary N) is 1. The fourth-order valence-electron chi connectivity index (χ4n) is 7.46. The van der Waals surface area contributed by atoms with Crippen molar-refractivity contribution in [2.45, 2.75) is 31.6 Å². The van der Waals surface area contributed by atoms with Crippen molar-refractivity contribution in [3.05, 3.63) is 179 Å². The van der Waals surface area contributed by atoms with E-state index in [1.807, 2.05) is 12.1 Å². The molecule has 0 spiro atoms. The largest absolute Gasteiger partial charge is 0.613 e. The lowest BCUT2D eigenvalue weighted by molar-refractivity contribution is 0.631. The number of fused-ring (bicyclic) bond motifs is 6. The smallest absolute Gasteiger partial charge is 0.126 e. The molecule has 0 saturated carbocycles. The first-order valence-corrected chi connectivity index (χ1v) is 16.0. The maximum absolute atomic E-state index is 5.10. The van der Waals surface area contributed by atoms with Crippen LogP contribution in [0.15, 0.2) is 151 Å². The summed E-state index contributed by atoms with van der Waals surface area (Å²) in [6.07, 6.45) is -0.472. The van der Waals surface area contributed by atoms with Gasteiger partial charge in [0.1, 0.15) is 5.84 Å². The van der Waals surface area contributed by atoms with Gasteiger partial charge in [0, 0.05) is 27.4 Å². The summed E-state index contributed by atoms with van der Waals surface area (Å²) >= 11 is 0. The molecule has 222 valence electrons. The molecule has 0 bridgehead atoms. The molecule has 1 aromatic heterocycles. The van der Waals surface area contributed by atoms with E-state index in [1.54, 1.807) is 0 Å². The number of aromatic nitrogens is 1. The molecule has 6 aromatic carbocycles. The van der Waals surface area contributed by atoms with Gasteiger partial charge >= 0.3 is 0 Å². The Balaban J connectivity index is 1.16. The highest BCUT2D eigenvalue weighted by Gasteiger charge is 2.36. The molecule has 0 amide bonds. The molecule has 9 rings (SSSR count). The van der Waals surface area contributed by atoms with Gasteiger partial charge in [0.25, 0.3) is 0 Å². The van der Waals surface area contributed by atoms with Crippen LogP contribution in [-0.4, -0.2) is 10.4 Å². The molecule has 4 nitrogen and oxygen atoms in total. The van der Waals surface area contributed by atoms with E-state index in [9.17, 15) is 0 Å². The van der Waals surface area contributed by atoms with E-state index in [4.69, 9.17) is 10.3 Å². The summed E-state index contributed by atoms with van der Waals surface area (Å²) in [5.41, 5.74) is 12.2. The van der Waals surface area contributed by atoms with E-state index in [1.165, 1.54) is 44.1 Å². The molecule has 0 radical (unpaired) electrons. The predicted molar refractivity (Wildman–Crippen MR) is 190 cm³/mol. The lowest BCUT2D eigenvalue weighted by Gasteiger charge is -2.44. The van der Waals surface area contributed by atoms with Crippen LogP contribution in [0.2, 0.25) is 0 Å². The van der Waals surface area contributed by atoms with Gasteiger partial charge < -0.3 is 15.2 Å². The summed E-state index contributed by atoms with van der Waals surface area (Å²) in [5.74, 6) is 0.851. The first kappa shape index (κ1) is 26.9. The van der Waals surface area contributed by atoms with Gasteiger partial charge in [0.15, 0.2) is 0 Å². The fourth-order valence-corrected chi connectivity index (χ4v) is 7.46. The van der Waals surface area contributed by atoms with Crippen LogP contribution in [0.1, 0.15) is 54.0 Å². The van der Waals surface area contributed by atoms with Crippen molar-refractivity contribution in [3.8, 4) is 16.8 Å². The van der Waals surface area contributed by atoms with Crippen molar-refractivity contribution >= 4 is 27.6 Å². The van der Waals surface area contributed by atoms with Crippen LogP contribution in [0.4, 0.5) is 0 Å². The Kier molecular flexibility index (Phi) is 6.02. The van der Waals surface area contributed by atoms with Gasteiger partial charge in [-0.2, -0.15) is 0 Å². The fraction of sp³-hybridized carbons (Fsp3) is 0.119. The lowest BCUT2D eigenvalue weighted by Crippen LogP contribution is -2.34. The highest BCUT2D eigenvalue weighted by molar-refractivity contribution is 6.11. The van der Waals surface area contributed by atoms with Crippen molar-refractivity contribution in [1.82, 2.24) is 9.88 Å². The highest BCUT2D eigenvalue weighted by atomic mass is 15.3. The van der Waals surface area contributed by atoms with E-state index in [2.05, 4.69) is 157 Å². The maximum Gasteiger partial charge on any atom is 0.126 e.